The molecule has 5 nitrogen and oxygen atoms in total. The molecule has 0 saturated carbocycles. The van der Waals surface area contributed by atoms with Crippen LogP contribution in [0, 0.1) is 0 Å². The highest BCUT2D eigenvalue weighted by Crippen LogP contribution is 2.17. The van der Waals surface area contributed by atoms with Crippen LogP contribution < -0.4 is 10.2 Å². The fraction of sp³-hybridized carbons (Fsp3) is 0.733. The lowest BCUT2D eigenvalue weighted by Gasteiger charge is -2.22. The molecule has 0 amide bonds. The van der Waals surface area contributed by atoms with Crippen molar-refractivity contribution in [2.75, 3.05) is 36.5 Å². The third kappa shape index (κ3) is 4.34. The maximum Gasteiger partial charge on any atom is 0.134 e. The van der Waals surface area contributed by atoms with Crippen LogP contribution in [-0.2, 0) is 4.74 Å². The van der Waals surface area contributed by atoms with Crippen LogP contribution in [0.4, 0.5) is 11.6 Å². The zero-order valence-corrected chi connectivity index (χ0v) is 12.6. The van der Waals surface area contributed by atoms with E-state index in [4.69, 9.17) is 4.74 Å². The fourth-order valence-electron chi connectivity index (χ4n) is 2.52. The Morgan fingerprint density at radius 2 is 2.10 bits per heavy atom. The monoisotopic (exact) mass is 278 g/mol. The van der Waals surface area contributed by atoms with Crippen LogP contribution in [0.2, 0.25) is 0 Å². The van der Waals surface area contributed by atoms with Gasteiger partial charge in [-0.1, -0.05) is 13.8 Å². The van der Waals surface area contributed by atoms with Crippen molar-refractivity contribution in [3.05, 3.63) is 12.4 Å². The molecule has 1 unspecified atom stereocenters. The van der Waals surface area contributed by atoms with E-state index in [0.717, 1.165) is 57.1 Å². The molecule has 1 aliphatic rings. The van der Waals surface area contributed by atoms with E-state index in [2.05, 4.69) is 34.0 Å². The zero-order chi connectivity index (χ0) is 14.2. The van der Waals surface area contributed by atoms with Crippen molar-refractivity contribution in [2.45, 2.75) is 45.6 Å². The van der Waals surface area contributed by atoms with Gasteiger partial charge in [-0.25, -0.2) is 9.97 Å². The summed E-state index contributed by atoms with van der Waals surface area (Å²) in [5.74, 6) is 1.90. The van der Waals surface area contributed by atoms with Gasteiger partial charge in [0.05, 0.1) is 6.10 Å². The van der Waals surface area contributed by atoms with Gasteiger partial charge < -0.3 is 15.0 Å². The minimum Gasteiger partial charge on any atom is -0.376 e. The second-order valence-electron chi connectivity index (χ2n) is 5.26. The number of hydrogen-bond acceptors (Lipinski definition) is 5. The first-order valence-electron chi connectivity index (χ1n) is 7.76. The first-order chi connectivity index (χ1) is 9.83. The van der Waals surface area contributed by atoms with Gasteiger partial charge in [0, 0.05) is 32.3 Å². The van der Waals surface area contributed by atoms with Crippen LogP contribution >= 0.6 is 0 Å². The van der Waals surface area contributed by atoms with Gasteiger partial charge in [0.25, 0.3) is 0 Å². The van der Waals surface area contributed by atoms with E-state index in [-0.39, 0.29) is 0 Å². The third-order valence-electron chi connectivity index (χ3n) is 3.50. The van der Waals surface area contributed by atoms with E-state index < -0.39 is 0 Å². The Labute approximate surface area is 121 Å². The van der Waals surface area contributed by atoms with Crippen molar-refractivity contribution >= 4 is 11.6 Å². The van der Waals surface area contributed by atoms with E-state index >= 15 is 0 Å². The Morgan fingerprint density at radius 1 is 1.30 bits per heavy atom. The van der Waals surface area contributed by atoms with Gasteiger partial charge in [0.15, 0.2) is 0 Å². The smallest absolute Gasteiger partial charge is 0.134 e. The molecular weight excluding hydrogens is 252 g/mol. The summed E-state index contributed by atoms with van der Waals surface area (Å²) >= 11 is 0. The first kappa shape index (κ1) is 15.0. The SMILES string of the molecule is CCCN(CCC)c1cc(NCC2CCCO2)ncn1. The summed E-state index contributed by atoms with van der Waals surface area (Å²) in [4.78, 5) is 11.0. The normalized spacial score (nSPS) is 18.2. The average molecular weight is 278 g/mol. The minimum atomic E-state index is 0.329. The molecule has 1 N–H and O–H groups in total. The summed E-state index contributed by atoms with van der Waals surface area (Å²) in [6.07, 6.45) is 6.54. The second-order valence-corrected chi connectivity index (χ2v) is 5.26. The van der Waals surface area contributed by atoms with E-state index in [9.17, 15) is 0 Å². The average Bonchev–Trinajstić information content (AvgIpc) is 2.98. The van der Waals surface area contributed by atoms with Crippen molar-refractivity contribution in [1.29, 1.82) is 0 Å². The first-order valence-corrected chi connectivity index (χ1v) is 7.76. The predicted octanol–water partition coefficient (Wildman–Crippen LogP) is 2.69. The van der Waals surface area contributed by atoms with Crippen LogP contribution in [0.3, 0.4) is 0 Å². The molecule has 112 valence electrons. The number of ether oxygens (including phenoxy) is 1. The van der Waals surface area contributed by atoms with Crippen LogP contribution in [0.15, 0.2) is 12.4 Å². The van der Waals surface area contributed by atoms with Crippen LogP contribution in [-0.4, -0.2) is 42.3 Å². The van der Waals surface area contributed by atoms with Crippen LogP contribution in [0.5, 0.6) is 0 Å². The molecule has 1 aromatic rings. The van der Waals surface area contributed by atoms with Crippen LogP contribution in [0.1, 0.15) is 39.5 Å². The molecule has 0 radical (unpaired) electrons. The second kappa shape index (κ2) is 8.04. The number of nitrogens with zero attached hydrogens (tertiary/aromatic N) is 3. The molecule has 1 fully saturated rings. The van der Waals surface area contributed by atoms with Crippen molar-refractivity contribution < 1.29 is 4.74 Å². The zero-order valence-electron chi connectivity index (χ0n) is 12.6. The number of nitrogens with one attached hydrogen (secondary N) is 1. The molecule has 1 saturated heterocycles. The molecular formula is C15H26N4O. The number of hydrogen-bond donors (Lipinski definition) is 1. The number of anilines is 2. The summed E-state index contributed by atoms with van der Waals surface area (Å²) in [5, 5.41) is 3.36. The highest BCUT2D eigenvalue weighted by molar-refractivity contribution is 5.48. The quantitative estimate of drug-likeness (QED) is 0.792. The maximum atomic E-state index is 5.61. The highest BCUT2D eigenvalue weighted by Gasteiger charge is 2.15. The number of aromatic nitrogens is 2. The van der Waals surface area contributed by atoms with Gasteiger partial charge in [-0.05, 0) is 25.7 Å². The van der Waals surface area contributed by atoms with E-state index in [1.54, 1.807) is 6.33 Å². The Morgan fingerprint density at radius 3 is 2.75 bits per heavy atom. The van der Waals surface area contributed by atoms with Gasteiger partial charge in [0.2, 0.25) is 0 Å². The van der Waals surface area contributed by atoms with E-state index in [0.29, 0.717) is 6.10 Å². The van der Waals surface area contributed by atoms with Crippen LogP contribution in [0.25, 0.3) is 0 Å². The summed E-state index contributed by atoms with van der Waals surface area (Å²) in [7, 11) is 0. The van der Waals surface area contributed by atoms with Gasteiger partial charge in [-0.3, -0.25) is 0 Å². The van der Waals surface area contributed by atoms with Gasteiger partial charge >= 0.3 is 0 Å². The molecule has 1 atom stereocenters. The van der Waals surface area contributed by atoms with Gasteiger partial charge in [-0.2, -0.15) is 0 Å². The molecule has 0 aliphatic carbocycles. The lowest BCUT2D eigenvalue weighted by atomic mass is 10.2. The predicted molar refractivity (Wildman–Crippen MR) is 82.3 cm³/mol. The van der Waals surface area contributed by atoms with E-state index in [1.807, 2.05) is 6.07 Å². The van der Waals surface area contributed by atoms with Crippen molar-refractivity contribution in [1.82, 2.24) is 9.97 Å². The molecule has 0 spiro atoms. The lowest BCUT2D eigenvalue weighted by molar-refractivity contribution is 0.120. The third-order valence-corrected chi connectivity index (χ3v) is 3.50. The molecule has 1 aromatic heterocycles. The fourth-order valence-corrected chi connectivity index (χ4v) is 2.52. The Bertz CT molecular complexity index is 387. The molecule has 0 bridgehead atoms. The van der Waals surface area contributed by atoms with Gasteiger partial charge in [0.1, 0.15) is 18.0 Å². The molecule has 2 rings (SSSR count). The minimum absolute atomic E-state index is 0.329. The lowest BCUT2D eigenvalue weighted by Crippen LogP contribution is -2.26. The van der Waals surface area contributed by atoms with Crippen molar-refractivity contribution in [3.8, 4) is 0 Å². The summed E-state index contributed by atoms with van der Waals surface area (Å²) < 4.78 is 5.61. The Balaban J connectivity index is 1.94. The van der Waals surface area contributed by atoms with Gasteiger partial charge in [-0.15, -0.1) is 0 Å². The molecule has 1 aliphatic heterocycles. The largest absolute Gasteiger partial charge is 0.376 e. The summed E-state index contributed by atoms with van der Waals surface area (Å²) in [5.41, 5.74) is 0. The topological polar surface area (TPSA) is 50.3 Å². The maximum absolute atomic E-state index is 5.61. The Kier molecular flexibility index (Phi) is 6.05. The summed E-state index contributed by atoms with van der Waals surface area (Å²) in [6, 6.07) is 2.04. The molecule has 5 heteroatoms. The van der Waals surface area contributed by atoms with E-state index in [1.165, 1.54) is 6.42 Å². The molecule has 2 heterocycles. The Hall–Kier alpha value is -1.36. The standard InChI is InChI=1S/C15H26N4O/c1-3-7-19(8-4-2)15-10-14(17-12-18-15)16-11-13-6-5-9-20-13/h10,12-13H,3-9,11H2,1-2H3,(H,16,17,18). The number of rotatable bonds is 8. The molecule has 0 aromatic carbocycles. The summed E-state index contributed by atoms with van der Waals surface area (Å²) in [6.45, 7) is 8.19. The van der Waals surface area contributed by atoms with Crippen molar-refractivity contribution in [3.63, 3.8) is 0 Å². The molecule has 20 heavy (non-hydrogen) atoms. The van der Waals surface area contributed by atoms with Crippen molar-refractivity contribution in [2.24, 2.45) is 0 Å². The highest BCUT2D eigenvalue weighted by atomic mass is 16.5.